The maximum atomic E-state index is 12.2. The van der Waals surface area contributed by atoms with Gasteiger partial charge in [0.2, 0.25) is 0 Å². The molecule has 0 atom stereocenters. The van der Waals surface area contributed by atoms with Gasteiger partial charge in [-0.1, -0.05) is 31.7 Å². The molecule has 0 aliphatic heterocycles. The second-order valence-corrected chi connectivity index (χ2v) is 7.27. The van der Waals surface area contributed by atoms with Crippen molar-refractivity contribution in [1.29, 1.82) is 0 Å². The molecule has 148 valence electrons. The van der Waals surface area contributed by atoms with E-state index in [4.69, 9.17) is 0 Å². The molecule has 3 N–H and O–H groups in total. The zero-order valence-corrected chi connectivity index (χ0v) is 15.7. The second-order valence-electron chi connectivity index (χ2n) is 7.27. The molecule has 2 aromatic rings. The first-order valence-corrected chi connectivity index (χ1v) is 9.30. The number of hydrogen-bond donors (Lipinski definition) is 3. The third-order valence-corrected chi connectivity index (χ3v) is 5.05. The van der Waals surface area contributed by atoms with E-state index in [1.807, 2.05) is 0 Å². The third kappa shape index (κ3) is 3.82. The van der Waals surface area contributed by atoms with Gasteiger partial charge in [-0.3, -0.25) is 14.4 Å². The smallest absolute Gasteiger partial charge is 0.257 e. The van der Waals surface area contributed by atoms with Crippen LogP contribution in [-0.2, 0) is 0 Å². The monoisotopic (exact) mass is 375 g/mol. The minimum Gasteiger partial charge on any atom is -0.505 e. The van der Waals surface area contributed by atoms with Gasteiger partial charge >= 0.3 is 0 Å². The van der Waals surface area contributed by atoms with E-state index < -0.39 is 10.9 Å². The van der Waals surface area contributed by atoms with Crippen molar-refractivity contribution in [3.63, 3.8) is 0 Å². The summed E-state index contributed by atoms with van der Waals surface area (Å²) in [7, 11) is 3.18. The van der Waals surface area contributed by atoms with Gasteiger partial charge < -0.3 is 20.6 Å². The summed E-state index contributed by atoms with van der Waals surface area (Å²) in [5.74, 6) is -0.595. The van der Waals surface area contributed by atoms with Gasteiger partial charge in [0.15, 0.2) is 5.75 Å². The molecule has 1 fully saturated rings. The van der Waals surface area contributed by atoms with Crippen molar-refractivity contribution in [3.8, 4) is 5.75 Å². The Morgan fingerprint density at radius 1 is 1.07 bits per heavy atom. The molecule has 3 rings (SSSR count). The molecule has 1 amide bonds. The van der Waals surface area contributed by atoms with E-state index in [9.17, 15) is 19.5 Å². The standard InChI is InChI=1S/C20H25N3O4.2H2/c1-23(2)20(27)13-10-7-11-14(17(13)24)22-16-15(18(25)19(16)26)21-12-8-5-3-4-6-9-12;;/h7,10-12,21-22,24H,3-6,8-9H2,1-2H3;2*1H. The number of nitrogens with one attached hydrogen (secondary N) is 2. The first kappa shape index (κ1) is 18.9. The number of para-hydroxylation sites is 1. The molecule has 1 saturated carbocycles. The summed E-state index contributed by atoms with van der Waals surface area (Å²) in [5.41, 5.74) is -0.387. The van der Waals surface area contributed by atoms with E-state index in [1.165, 1.54) is 23.8 Å². The highest BCUT2D eigenvalue weighted by molar-refractivity contribution is 5.99. The first-order valence-electron chi connectivity index (χ1n) is 9.30. The zero-order valence-electron chi connectivity index (χ0n) is 15.7. The van der Waals surface area contributed by atoms with E-state index >= 15 is 0 Å². The molecule has 0 spiro atoms. The lowest BCUT2D eigenvalue weighted by Crippen LogP contribution is -2.39. The Morgan fingerprint density at radius 2 is 1.70 bits per heavy atom. The van der Waals surface area contributed by atoms with Gasteiger partial charge in [-0.2, -0.15) is 0 Å². The molecule has 1 aliphatic carbocycles. The van der Waals surface area contributed by atoms with E-state index in [0.717, 1.165) is 25.7 Å². The fourth-order valence-corrected chi connectivity index (χ4v) is 3.47. The summed E-state index contributed by atoms with van der Waals surface area (Å²) in [6.45, 7) is 0. The average Bonchev–Trinajstić information content (AvgIpc) is 2.93. The molecule has 27 heavy (non-hydrogen) atoms. The van der Waals surface area contributed by atoms with Crippen LogP contribution in [-0.4, -0.2) is 36.1 Å². The quantitative estimate of drug-likeness (QED) is 0.422. The number of hydrogen-bond acceptors (Lipinski definition) is 6. The summed E-state index contributed by atoms with van der Waals surface area (Å²) in [6.07, 6.45) is 6.52. The molecule has 0 unspecified atom stereocenters. The van der Waals surface area contributed by atoms with Crippen LogP contribution in [0.1, 0.15) is 51.7 Å². The molecule has 0 saturated heterocycles. The molecule has 1 aliphatic rings. The van der Waals surface area contributed by atoms with Crippen molar-refractivity contribution in [2.45, 2.75) is 44.6 Å². The summed E-state index contributed by atoms with van der Waals surface area (Å²) in [5, 5.41) is 16.5. The lowest BCUT2D eigenvalue weighted by molar-refractivity contribution is 0.0824. The first-order chi connectivity index (χ1) is 12.9. The molecular weight excluding hydrogens is 346 g/mol. The van der Waals surface area contributed by atoms with Crippen LogP contribution in [0, 0.1) is 0 Å². The minimum absolute atomic E-state index is 0. The Hall–Kier alpha value is -2.83. The summed E-state index contributed by atoms with van der Waals surface area (Å²) in [6, 6.07) is 4.86. The maximum absolute atomic E-state index is 12.2. The lowest BCUT2D eigenvalue weighted by atomic mass is 10.1. The number of carbonyl (C=O) groups excluding carboxylic acids is 1. The predicted octanol–water partition coefficient (Wildman–Crippen LogP) is 3.06. The fourth-order valence-electron chi connectivity index (χ4n) is 3.47. The van der Waals surface area contributed by atoms with Crippen LogP contribution in [0.15, 0.2) is 27.8 Å². The minimum atomic E-state index is -0.616. The average molecular weight is 375 g/mol. The Bertz CT molecular complexity index is 915. The Balaban J connectivity index is 0.00000210. The number of anilines is 3. The maximum Gasteiger partial charge on any atom is 0.257 e. The Labute approximate surface area is 160 Å². The Morgan fingerprint density at radius 3 is 2.33 bits per heavy atom. The molecule has 0 bridgehead atoms. The summed E-state index contributed by atoms with van der Waals surface area (Å²) >= 11 is 0. The molecule has 7 heteroatoms. The number of benzene rings is 1. The van der Waals surface area contributed by atoms with E-state index in [-0.39, 0.29) is 43.2 Å². The SMILES string of the molecule is CN(C)C(=O)c1cccc(Nc2c(NC3CCCCCC3)c(=O)c2=O)c1O.[HH].[HH]. The molecule has 2 aromatic carbocycles. The highest BCUT2D eigenvalue weighted by Crippen LogP contribution is 2.32. The van der Waals surface area contributed by atoms with Crippen molar-refractivity contribution in [2.75, 3.05) is 24.7 Å². The highest BCUT2D eigenvalue weighted by Gasteiger charge is 2.25. The number of nitrogens with zero attached hydrogens (tertiary/aromatic N) is 1. The van der Waals surface area contributed by atoms with E-state index in [2.05, 4.69) is 10.6 Å². The van der Waals surface area contributed by atoms with Gasteiger partial charge in [-0.25, -0.2) is 0 Å². The van der Waals surface area contributed by atoms with Crippen molar-refractivity contribution in [3.05, 3.63) is 44.2 Å². The molecular formula is C20H29N3O4. The third-order valence-electron chi connectivity index (χ3n) is 5.05. The topological polar surface area (TPSA) is 98.7 Å². The number of phenols is 1. The van der Waals surface area contributed by atoms with Crippen molar-refractivity contribution >= 4 is 23.0 Å². The predicted molar refractivity (Wildman–Crippen MR) is 110 cm³/mol. The highest BCUT2D eigenvalue weighted by atomic mass is 16.3. The van der Waals surface area contributed by atoms with Crippen molar-refractivity contribution in [2.24, 2.45) is 0 Å². The van der Waals surface area contributed by atoms with Crippen LogP contribution in [0.25, 0.3) is 0 Å². The van der Waals surface area contributed by atoms with Gasteiger partial charge in [-0.05, 0) is 25.0 Å². The fraction of sp³-hybridized carbons (Fsp3) is 0.450. The summed E-state index contributed by atoms with van der Waals surface area (Å²) < 4.78 is 0. The summed E-state index contributed by atoms with van der Waals surface area (Å²) in [4.78, 5) is 37.6. The lowest BCUT2D eigenvalue weighted by Gasteiger charge is -2.22. The van der Waals surface area contributed by atoms with Crippen molar-refractivity contribution in [1.82, 2.24) is 4.90 Å². The zero-order chi connectivity index (χ0) is 19.6. The number of rotatable bonds is 5. The van der Waals surface area contributed by atoms with Crippen LogP contribution < -0.4 is 21.5 Å². The number of phenolic OH excluding ortho intramolecular Hbond substituents is 1. The molecule has 7 nitrogen and oxygen atoms in total. The number of amides is 1. The van der Waals surface area contributed by atoms with Gasteiger partial charge in [-0.15, -0.1) is 0 Å². The van der Waals surface area contributed by atoms with Crippen LogP contribution in [0.3, 0.4) is 0 Å². The molecule has 0 radical (unpaired) electrons. The van der Waals surface area contributed by atoms with Gasteiger partial charge in [0, 0.05) is 23.0 Å². The van der Waals surface area contributed by atoms with Gasteiger partial charge in [0.1, 0.15) is 11.4 Å². The molecule has 0 aromatic heterocycles. The van der Waals surface area contributed by atoms with E-state index in [1.54, 1.807) is 26.2 Å². The van der Waals surface area contributed by atoms with Crippen LogP contribution in [0.5, 0.6) is 5.75 Å². The second kappa shape index (κ2) is 7.82. The van der Waals surface area contributed by atoms with Crippen molar-refractivity contribution < 1.29 is 12.8 Å². The number of carbonyl (C=O) groups is 1. The van der Waals surface area contributed by atoms with Crippen LogP contribution in [0.2, 0.25) is 0 Å². The van der Waals surface area contributed by atoms with E-state index in [0.29, 0.717) is 0 Å². The van der Waals surface area contributed by atoms with Crippen LogP contribution >= 0.6 is 0 Å². The normalized spacial score (nSPS) is 15.3. The number of aromatic hydroxyl groups is 1. The van der Waals surface area contributed by atoms with Crippen LogP contribution in [0.4, 0.5) is 17.1 Å². The van der Waals surface area contributed by atoms with Gasteiger partial charge in [0.25, 0.3) is 16.8 Å². The largest absolute Gasteiger partial charge is 0.505 e. The van der Waals surface area contributed by atoms with Gasteiger partial charge in [0.05, 0.1) is 11.3 Å². The Kier molecular flexibility index (Phi) is 5.48. The molecule has 0 heterocycles.